The monoisotopic (exact) mass is 585 g/mol. The fourth-order valence-electron chi connectivity index (χ4n) is 3.52. The molecule has 17 heteroatoms. The van der Waals surface area contributed by atoms with E-state index in [-0.39, 0.29) is 48.2 Å². The molecule has 2 N–H and O–H groups in total. The van der Waals surface area contributed by atoms with Crippen LogP contribution in [-0.4, -0.2) is 103 Å². The number of fused-ring (bicyclic) bond motifs is 1. The van der Waals surface area contributed by atoms with Crippen molar-refractivity contribution in [2.45, 2.75) is 31.4 Å². The summed E-state index contributed by atoms with van der Waals surface area (Å²) in [6, 6.07) is -0.975. The van der Waals surface area contributed by atoms with Gasteiger partial charge in [-0.15, -0.1) is 23.1 Å². The predicted octanol–water partition coefficient (Wildman–Crippen LogP) is 0.467. The van der Waals surface area contributed by atoms with Gasteiger partial charge in [0.1, 0.15) is 43.1 Å². The van der Waals surface area contributed by atoms with Gasteiger partial charge in [-0.25, -0.2) is 14.6 Å². The minimum absolute atomic E-state index is 0.00992. The van der Waals surface area contributed by atoms with E-state index in [9.17, 15) is 24.0 Å². The summed E-state index contributed by atoms with van der Waals surface area (Å²) in [6.45, 7) is 2.90. The molecule has 1 unspecified atom stereocenters. The summed E-state index contributed by atoms with van der Waals surface area (Å²) in [5.74, 6) is -1.75. The van der Waals surface area contributed by atoms with E-state index in [1.165, 1.54) is 36.3 Å². The molecule has 2 aliphatic rings. The fraction of sp³-hybridized carbons (Fsp3) is 0.500. The van der Waals surface area contributed by atoms with Crippen molar-refractivity contribution < 1.29 is 47.8 Å². The molecule has 39 heavy (non-hydrogen) atoms. The number of anilines is 1. The number of hydrogen-bond donors (Lipinski definition) is 2. The molecule has 0 bridgehead atoms. The van der Waals surface area contributed by atoms with Gasteiger partial charge in [0.2, 0.25) is 6.41 Å². The van der Waals surface area contributed by atoms with E-state index in [2.05, 4.69) is 20.8 Å². The van der Waals surface area contributed by atoms with Gasteiger partial charge in [0.25, 0.3) is 11.8 Å². The van der Waals surface area contributed by atoms with Crippen molar-refractivity contribution in [2.75, 3.05) is 45.1 Å². The number of ether oxygens (including phenoxy) is 4. The lowest BCUT2D eigenvalue weighted by Gasteiger charge is -2.49. The summed E-state index contributed by atoms with van der Waals surface area (Å²) in [5, 5.41) is 9.84. The minimum atomic E-state index is -0.975. The number of oxime groups is 1. The summed E-state index contributed by atoms with van der Waals surface area (Å²) < 4.78 is 20.1. The second-order valence-electron chi connectivity index (χ2n) is 8.07. The number of β-lactam (4-membered cyclic amide) rings is 1. The zero-order valence-electron chi connectivity index (χ0n) is 21.5. The third-order valence-corrected chi connectivity index (χ3v) is 7.15. The molecule has 0 radical (unpaired) electrons. The zero-order valence-corrected chi connectivity index (χ0v) is 23.1. The Kier molecular flexibility index (Phi) is 10.6. The Labute approximate surface area is 231 Å². The summed E-state index contributed by atoms with van der Waals surface area (Å²) in [5.41, 5.74) is 0.470. The number of carbonyl (C=O) groups excluding carboxylic acids is 5. The van der Waals surface area contributed by atoms with Crippen molar-refractivity contribution in [3.8, 4) is 0 Å². The molecular formula is C22H27N5O10S2. The number of thioether (sulfide) groups is 1. The Morgan fingerprint density at radius 1 is 1.26 bits per heavy atom. The summed E-state index contributed by atoms with van der Waals surface area (Å²) in [4.78, 5) is 71.3. The molecule has 3 heterocycles. The Balaban J connectivity index is 1.67. The number of hydrogen-bond acceptors (Lipinski definition) is 14. The standard InChI is InChI=1S/C22H27N5O10S2/c1-11(2)37-22(32)36-6-5-35-20(31)16-12(7-33-3)8-38-19-15(18(30)27(16)19)25-17(29)14(26-34-4)13-9-39-21(24-13)23-10-28/h9-11,15,19H,5-8H2,1-4H3,(H,25,29)(H,23,24,28)/b26-14-/t15?,19-/m0/s1. The second kappa shape index (κ2) is 13.9. The van der Waals surface area contributed by atoms with Gasteiger partial charge in [-0.05, 0) is 19.4 Å². The van der Waals surface area contributed by atoms with E-state index >= 15 is 0 Å². The molecule has 0 aliphatic carbocycles. The highest BCUT2D eigenvalue weighted by molar-refractivity contribution is 8.00. The molecule has 2 aliphatic heterocycles. The third kappa shape index (κ3) is 7.24. The van der Waals surface area contributed by atoms with Crippen LogP contribution in [-0.2, 0) is 43.0 Å². The highest BCUT2D eigenvalue weighted by Gasteiger charge is 2.54. The van der Waals surface area contributed by atoms with Crippen LogP contribution in [0.5, 0.6) is 0 Å². The molecule has 1 saturated heterocycles. The van der Waals surface area contributed by atoms with Crippen LogP contribution < -0.4 is 10.6 Å². The molecule has 0 saturated carbocycles. The van der Waals surface area contributed by atoms with Crippen LogP contribution in [0.2, 0.25) is 0 Å². The van der Waals surface area contributed by atoms with Gasteiger partial charge in [0.05, 0.1) is 12.7 Å². The fourth-order valence-corrected chi connectivity index (χ4v) is 5.50. The van der Waals surface area contributed by atoms with Crippen molar-refractivity contribution in [1.29, 1.82) is 0 Å². The Hall–Kier alpha value is -3.70. The number of methoxy groups -OCH3 is 1. The molecule has 1 aromatic rings. The van der Waals surface area contributed by atoms with Crippen LogP contribution in [0.1, 0.15) is 19.5 Å². The highest BCUT2D eigenvalue weighted by atomic mass is 32.2. The number of amides is 3. The maximum Gasteiger partial charge on any atom is 0.508 e. The molecule has 1 aromatic heterocycles. The van der Waals surface area contributed by atoms with Crippen LogP contribution in [0, 0.1) is 0 Å². The van der Waals surface area contributed by atoms with Gasteiger partial charge in [-0.1, -0.05) is 5.16 Å². The molecule has 3 amide bonds. The molecule has 3 rings (SSSR count). The normalized spacial score (nSPS) is 18.6. The van der Waals surface area contributed by atoms with Gasteiger partial charge in [0.15, 0.2) is 10.8 Å². The largest absolute Gasteiger partial charge is 0.508 e. The maximum absolute atomic E-state index is 13.1. The van der Waals surface area contributed by atoms with Gasteiger partial charge in [-0.3, -0.25) is 19.3 Å². The summed E-state index contributed by atoms with van der Waals surface area (Å²) in [6.07, 6.45) is -0.810. The molecule has 1 fully saturated rings. The first-order valence-electron chi connectivity index (χ1n) is 11.5. The van der Waals surface area contributed by atoms with Crippen LogP contribution >= 0.6 is 23.1 Å². The van der Waals surface area contributed by atoms with Crippen LogP contribution in [0.25, 0.3) is 0 Å². The van der Waals surface area contributed by atoms with E-state index in [0.29, 0.717) is 17.7 Å². The summed E-state index contributed by atoms with van der Waals surface area (Å²) in [7, 11) is 2.70. The lowest BCUT2D eigenvalue weighted by Crippen LogP contribution is -2.71. The first kappa shape index (κ1) is 29.9. The summed E-state index contributed by atoms with van der Waals surface area (Å²) >= 11 is 2.40. The maximum atomic E-state index is 13.1. The SMILES string of the molecule is COCC1=C(C(=O)OCCOC(=O)OC(C)C)N2C(=O)C(NC(=O)/C(=N\OC)c3csc(NC=O)n3)[C@@H]2SC1. The number of nitrogens with zero attached hydrogens (tertiary/aromatic N) is 3. The zero-order chi connectivity index (χ0) is 28.5. The Morgan fingerprint density at radius 3 is 2.67 bits per heavy atom. The number of carbonyl (C=O) groups is 5. The van der Waals surface area contributed by atoms with Crippen molar-refractivity contribution in [2.24, 2.45) is 5.16 Å². The first-order chi connectivity index (χ1) is 18.7. The van der Waals surface area contributed by atoms with Crippen molar-refractivity contribution in [3.05, 3.63) is 22.3 Å². The quantitative estimate of drug-likeness (QED) is 0.0816. The molecular weight excluding hydrogens is 558 g/mol. The van der Waals surface area contributed by atoms with Crippen LogP contribution in [0.4, 0.5) is 9.93 Å². The smallest absolute Gasteiger partial charge is 0.457 e. The lowest BCUT2D eigenvalue weighted by molar-refractivity contribution is -0.153. The number of thiazole rings is 1. The average Bonchev–Trinajstić information content (AvgIpc) is 3.35. The predicted molar refractivity (Wildman–Crippen MR) is 138 cm³/mol. The van der Waals surface area contributed by atoms with Crippen molar-refractivity contribution in [3.63, 3.8) is 0 Å². The Bertz CT molecular complexity index is 1170. The lowest BCUT2D eigenvalue weighted by atomic mass is 10.0. The molecule has 0 spiro atoms. The van der Waals surface area contributed by atoms with Crippen LogP contribution in [0.15, 0.2) is 21.8 Å². The third-order valence-electron chi connectivity index (χ3n) is 5.04. The number of rotatable bonds is 13. The Morgan fingerprint density at radius 2 is 2.00 bits per heavy atom. The van der Waals surface area contributed by atoms with E-state index in [1.54, 1.807) is 13.8 Å². The molecule has 0 aromatic carbocycles. The topological polar surface area (TPSA) is 184 Å². The van der Waals surface area contributed by atoms with Crippen molar-refractivity contribution >= 4 is 64.3 Å². The van der Waals surface area contributed by atoms with E-state index in [4.69, 9.17) is 23.8 Å². The highest BCUT2D eigenvalue weighted by Crippen LogP contribution is 2.40. The van der Waals surface area contributed by atoms with Gasteiger partial charge in [-0.2, -0.15) is 0 Å². The number of esters is 1. The molecule has 15 nitrogen and oxygen atoms in total. The second-order valence-corrected chi connectivity index (χ2v) is 10.0. The molecule has 212 valence electrons. The van der Waals surface area contributed by atoms with E-state index in [1.807, 2.05) is 0 Å². The van der Waals surface area contributed by atoms with Gasteiger partial charge >= 0.3 is 12.1 Å². The van der Waals surface area contributed by atoms with Gasteiger partial charge in [0, 0.05) is 18.2 Å². The number of aromatic nitrogens is 1. The van der Waals surface area contributed by atoms with Crippen LogP contribution in [0.3, 0.4) is 0 Å². The minimum Gasteiger partial charge on any atom is -0.457 e. The van der Waals surface area contributed by atoms with Crippen molar-refractivity contribution in [1.82, 2.24) is 15.2 Å². The van der Waals surface area contributed by atoms with Gasteiger partial charge < -0.3 is 34.4 Å². The van der Waals surface area contributed by atoms with E-state index < -0.39 is 35.4 Å². The van der Waals surface area contributed by atoms with E-state index in [0.717, 1.165) is 11.3 Å². The molecule has 2 atom stereocenters. The first-order valence-corrected chi connectivity index (χ1v) is 13.4. The average molecular weight is 586 g/mol. The number of nitrogens with one attached hydrogen (secondary N) is 2.